The average Bonchev–Trinajstić information content (AvgIpc) is 2.45. The molecule has 0 aliphatic heterocycles. The van der Waals surface area contributed by atoms with Crippen molar-refractivity contribution < 1.29 is 4.79 Å². The molecule has 0 atom stereocenters. The van der Waals surface area contributed by atoms with Crippen LogP contribution in [0.25, 0.3) is 0 Å². The van der Waals surface area contributed by atoms with E-state index in [1.807, 2.05) is 56.3 Å². The molecule has 0 saturated heterocycles. The summed E-state index contributed by atoms with van der Waals surface area (Å²) in [6, 6.07) is 13.9. The summed E-state index contributed by atoms with van der Waals surface area (Å²) in [7, 11) is 0. The second-order valence-electron chi connectivity index (χ2n) is 5.05. The molecule has 0 bridgehead atoms. The van der Waals surface area contributed by atoms with Crippen molar-refractivity contribution >= 4 is 33.2 Å². The largest absolute Gasteiger partial charge is 0.384 e. The third-order valence-corrected chi connectivity index (χ3v) is 4.04. The number of anilines is 2. The van der Waals surface area contributed by atoms with Gasteiger partial charge in [0, 0.05) is 28.8 Å². The molecule has 0 aliphatic carbocycles. The van der Waals surface area contributed by atoms with Crippen LogP contribution in [-0.2, 0) is 4.79 Å². The number of halogens is 1. The van der Waals surface area contributed by atoms with Gasteiger partial charge in [0.1, 0.15) is 0 Å². The molecule has 21 heavy (non-hydrogen) atoms. The van der Waals surface area contributed by atoms with Gasteiger partial charge in [-0.25, -0.2) is 0 Å². The number of benzene rings is 2. The van der Waals surface area contributed by atoms with Crippen molar-refractivity contribution in [2.45, 2.75) is 20.3 Å². The van der Waals surface area contributed by atoms with Crippen LogP contribution in [-0.4, -0.2) is 12.5 Å². The van der Waals surface area contributed by atoms with E-state index in [4.69, 9.17) is 0 Å². The maximum absolute atomic E-state index is 11.8. The highest BCUT2D eigenvalue weighted by molar-refractivity contribution is 9.10. The van der Waals surface area contributed by atoms with Crippen LogP contribution < -0.4 is 10.6 Å². The molecule has 0 aromatic heterocycles. The van der Waals surface area contributed by atoms with Crippen molar-refractivity contribution in [3.05, 3.63) is 58.1 Å². The minimum Gasteiger partial charge on any atom is -0.384 e. The second-order valence-corrected chi connectivity index (χ2v) is 5.91. The monoisotopic (exact) mass is 346 g/mol. The quantitative estimate of drug-likeness (QED) is 0.836. The van der Waals surface area contributed by atoms with Crippen molar-refractivity contribution in [3.63, 3.8) is 0 Å². The lowest BCUT2D eigenvalue weighted by Gasteiger charge is -2.09. The van der Waals surface area contributed by atoms with E-state index in [0.717, 1.165) is 15.8 Å². The minimum atomic E-state index is 0.0116. The van der Waals surface area contributed by atoms with E-state index in [1.165, 1.54) is 11.1 Å². The minimum absolute atomic E-state index is 0.0116. The SMILES string of the molecule is Cc1ccc(NC(=O)CCNc2ccc(C)c(Br)c2)cc1. The van der Waals surface area contributed by atoms with E-state index in [1.54, 1.807) is 0 Å². The van der Waals surface area contributed by atoms with Gasteiger partial charge < -0.3 is 10.6 Å². The Bertz CT molecular complexity index is 623. The molecule has 4 heteroatoms. The zero-order valence-electron chi connectivity index (χ0n) is 12.2. The van der Waals surface area contributed by atoms with Crippen LogP contribution in [0.1, 0.15) is 17.5 Å². The summed E-state index contributed by atoms with van der Waals surface area (Å²) in [4.78, 5) is 11.8. The first kappa shape index (κ1) is 15.6. The van der Waals surface area contributed by atoms with Gasteiger partial charge in [-0.05, 0) is 43.7 Å². The van der Waals surface area contributed by atoms with Crippen LogP contribution in [0.5, 0.6) is 0 Å². The van der Waals surface area contributed by atoms with E-state index in [9.17, 15) is 4.79 Å². The number of hydrogen-bond acceptors (Lipinski definition) is 2. The zero-order chi connectivity index (χ0) is 15.2. The van der Waals surface area contributed by atoms with Crippen LogP contribution in [0.15, 0.2) is 46.9 Å². The van der Waals surface area contributed by atoms with Gasteiger partial charge in [-0.1, -0.05) is 39.7 Å². The van der Waals surface area contributed by atoms with Crippen LogP contribution >= 0.6 is 15.9 Å². The molecule has 0 radical (unpaired) electrons. The Balaban J connectivity index is 1.78. The summed E-state index contributed by atoms with van der Waals surface area (Å²) in [5.41, 5.74) is 4.22. The fourth-order valence-corrected chi connectivity index (χ4v) is 2.26. The molecule has 110 valence electrons. The highest BCUT2D eigenvalue weighted by atomic mass is 79.9. The van der Waals surface area contributed by atoms with Crippen molar-refractivity contribution in [2.24, 2.45) is 0 Å². The standard InChI is InChI=1S/C17H19BrN2O/c1-12-3-6-14(7-4-12)20-17(21)9-10-19-15-8-5-13(2)16(18)11-15/h3-8,11,19H,9-10H2,1-2H3,(H,20,21). The predicted molar refractivity (Wildman–Crippen MR) is 91.8 cm³/mol. The maximum Gasteiger partial charge on any atom is 0.226 e. The lowest BCUT2D eigenvalue weighted by atomic mass is 10.2. The van der Waals surface area contributed by atoms with Crippen molar-refractivity contribution in [3.8, 4) is 0 Å². The number of carbonyl (C=O) groups excluding carboxylic acids is 1. The maximum atomic E-state index is 11.8. The molecule has 0 aliphatic rings. The van der Waals surface area contributed by atoms with E-state index >= 15 is 0 Å². The molecule has 2 N–H and O–H groups in total. The number of rotatable bonds is 5. The third-order valence-electron chi connectivity index (χ3n) is 3.19. The van der Waals surface area contributed by atoms with Gasteiger partial charge in [0.25, 0.3) is 0 Å². The van der Waals surface area contributed by atoms with Crippen LogP contribution in [0.2, 0.25) is 0 Å². The van der Waals surface area contributed by atoms with Gasteiger partial charge in [0.2, 0.25) is 5.91 Å². The Morgan fingerprint density at radius 1 is 1.05 bits per heavy atom. The Hall–Kier alpha value is -1.81. The normalized spacial score (nSPS) is 10.2. The van der Waals surface area contributed by atoms with Crippen LogP contribution in [0.4, 0.5) is 11.4 Å². The molecule has 0 spiro atoms. The molecular formula is C17H19BrN2O. The third kappa shape index (κ3) is 4.90. The van der Waals surface area contributed by atoms with Crippen LogP contribution in [0.3, 0.4) is 0 Å². The number of aryl methyl sites for hydroxylation is 2. The fourth-order valence-electron chi connectivity index (χ4n) is 1.88. The Morgan fingerprint density at radius 2 is 1.71 bits per heavy atom. The molecule has 1 amide bonds. The highest BCUT2D eigenvalue weighted by Gasteiger charge is 2.03. The summed E-state index contributed by atoms with van der Waals surface area (Å²) in [6.45, 7) is 4.67. The van der Waals surface area contributed by atoms with Crippen molar-refractivity contribution in [1.82, 2.24) is 0 Å². The summed E-state index contributed by atoms with van der Waals surface area (Å²) in [5.74, 6) is 0.0116. The average molecular weight is 347 g/mol. The Labute approximate surface area is 133 Å². The van der Waals surface area contributed by atoms with Gasteiger partial charge in [0.05, 0.1) is 0 Å². The topological polar surface area (TPSA) is 41.1 Å². The molecular weight excluding hydrogens is 328 g/mol. The van der Waals surface area contributed by atoms with Crippen molar-refractivity contribution in [1.29, 1.82) is 0 Å². The first-order valence-corrected chi connectivity index (χ1v) is 7.70. The lowest BCUT2D eigenvalue weighted by molar-refractivity contribution is -0.115. The van der Waals surface area contributed by atoms with Gasteiger partial charge in [0.15, 0.2) is 0 Å². The summed E-state index contributed by atoms with van der Waals surface area (Å²) >= 11 is 3.50. The summed E-state index contributed by atoms with van der Waals surface area (Å²) in [6.07, 6.45) is 0.430. The Morgan fingerprint density at radius 3 is 2.38 bits per heavy atom. The number of amides is 1. The first-order chi connectivity index (χ1) is 10.0. The fraction of sp³-hybridized carbons (Fsp3) is 0.235. The highest BCUT2D eigenvalue weighted by Crippen LogP contribution is 2.20. The van der Waals surface area contributed by atoms with E-state index < -0.39 is 0 Å². The van der Waals surface area contributed by atoms with Crippen molar-refractivity contribution in [2.75, 3.05) is 17.2 Å². The molecule has 0 fully saturated rings. The Kier molecular flexibility index (Phi) is 5.39. The smallest absolute Gasteiger partial charge is 0.226 e. The van der Waals surface area contributed by atoms with Gasteiger partial charge in [-0.3, -0.25) is 4.79 Å². The molecule has 0 unspecified atom stereocenters. The number of hydrogen-bond donors (Lipinski definition) is 2. The molecule has 3 nitrogen and oxygen atoms in total. The predicted octanol–water partition coefficient (Wildman–Crippen LogP) is 4.51. The summed E-state index contributed by atoms with van der Waals surface area (Å²) in [5, 5.41) is 6.14. The van der Waals surface area contributed by atoms with E-state index in [2.05, 4.69) is 26.6 Å². The van der Waals surface area contributed by atoms with E-state index in [0.29, 0.717) is 13.0 Å². The summed E-state index contributed by atoms with van der Waals surface area (Å²) < 4.78 is 1.07. The second kappa shape index (κ2) is 7.27. The molecule has 0 saturated carbocycles. The van der Waals surface area contributed by atoms with Gasteiger partial charge in [-0.2, -0.15) is 0 Å². The molecule has 0 heterocycles. The number of carbonyl (C=O) groups is 1. The first-order valence-electron chi connectivity index (χ1n) is 6.91. The molecule has 2 rings (SSSR count). The number of nitrogens with one attached hydrogen (secondary N) is 2. The van der Waals surface area contributed by atoms with Crippen LogP contribution in [0, 0.1) is 13.8 Å². The zero-order valence-corrected chi connectivity index (χ0v) is 13.8. The van der Waals surface area contributed by atoms with Gasteiger partial charge in [-0.15, -0.1) is 0 Å². The molecule has 2 aromatic carbocycles. The van der Waals surface area contributed by atoms with Gasteiger partial charge >= 0.3 is 0 Å². The van der Waals surface area contributed by atoms with E-state index in [-0.39, 0.29) is 5.91 Å². The molecule has 2 aromatic rings. The lowest BCUT2D eigenvalue weighted by Crippen LogP contribution is -2.16.